The number of ether oxygens (including phenoxy) is 2. The molecule has 0 bridgehead atoms. The Balaban J connectivity index is 1.82. The summed E-state index contributed by atoms with van der Waals surface area (Å²) in [4.78, 5) is 12.1. The summed E-state index contributed by atoms with van der Waals surface area (Å²) >= 11 is 0. The standard InChI is InChI=1S/C15H14O3/c16-14(10-15-17-7-8-18-15)13-6-5-11-3-1-2-4-12(11)9-13/h1-6,9,15H,7-8,10H2. The number of carbonyl (C=O) groups excluding carboxylic acids is 1. The van der Waals surface area contributed by atoms with Gasteiger partial charge in [0.2, 0.25) is 0 Å². The van der Waals surface area contributed by atoms with Crippen LogP contribution in [0.3, 0.4) is 0 Å². The van der Waals surface area contributed by atoms with Crippen LogP contribution in [0.1, 0.15) is 16.8 Å². The van der Waals surface area contributed by atoms with Gasteiger partial charge in [0.25, 0.3) is 0 Å². The van der Waals surface area contributed by atoms with Gasteiger partial charge in [-0.1, -0.05) is 36.4 Å². The molecule has 0 atom stereocenters. The van der Waals surface area contributed by atoms with Crippen LogP contribution in [0.25, 0.3) is 10.8 Å². The highest BCUT2D eigenvalue weighted by molar-refractivity contribution is 6.00. The summed E-state index contributed by atoms with van der Waals surface area (Å²) in [7, 11) is 0. The molecule has 0 N–H and O–H groups in total. The van der Waals surface area contributed by atoms with E-state index >= 15 is 0 Å². The molecule has 1 aliphatic heterocycles. The van der Waals surface area contributed by atoms with E-state index in [1.807, 2.05) is 42.5 Å². The molecule has 0 aliphatic carbocycles. The topological polar surface area (TPSA) is 35.5 Å². The van der Waals surface area contributed by atoms with E-state index in [0.717, 1.165) is 10.8 Å². The number of hydrogen-bond acceptors (Lipinski definition) is 3. The molecule has 0 amide bonds. The third kappa shape index (κ3) is 2.28. The highest BCUT2D eigenvalue weighted by Crippen LogP contribution is 2.18. The zero-order chi connectivity index (χ0) is 12.4. The van der Waals surface area contributed by atoms with Crippen molar-refractivity contribution >= 4 is 16.6 Å². The Morgan fingerprint density at radius 3 is 2.56 bits per heavy atom. The number of hydrogen-bond donors (Lipinski definition) is 0. The van der Waals surface area contributed by atoms with Crippen molar-refractivity contribution in [1.82, 2.24) is 0 Å². The minimum Gasteiger partial charge on any atom is -0.350 e. The number of carbonyl (C=O) groups is 1. The molecule has 1 aliphatic rings. The first kappa shape index (κ1) is 11.4. The van der Waals surface area contributed by atoms with Crippen LogP contribution in [-0.4, -0.2) is 25.3 Å². The first-order valence-electron chi connectivity index (χ1n) is 6.08. The first-order chi connectivity index (χ1) is 8.83. The molecule has 18 heavy (non-hydrogen) atoms. The summed E-state index contributed by atoms with van der Waals surface area (Å²) in [6.45, 7) is 1.16. The maximum atomic E-state index is 12.1. The van der Waals surface area contributed by atoms with Gasteiger partial charge in [0.15, 0.2) is 12.1 Å². The van der Waals surface area contributed by atoms with E-state index < -0.39 is 0 Å². The molecule has 1 heterocycles. The Morgan fingerprint density at radius 1 is 1.06 bits per heavy atom. The monoisotopic (exact) mass is 242 g/mol. The van der Waals surface area contributed by atoms with Crippen molar-refractivity contribution in [2.75, 3.05) is 13.2 Å². The summed E-state index contributed by atoms with van der Waals surface area (Å²) in [5, 5.41) is 2.22. The van der Waals surface area contributed by atoms with Gasteiger partial charge in [-0.2, -0.15) is 0 Å². The summed E-state index contributed by atoms with van der Waals surface area (Å²) in [5.74, 6) is 0.0626. The predicted molar refractivity (Wildman–Crippen MR) is 68.6 cm³/mol. The third-order valence-corrected chi connectivity index (χ3v) is 3.11. The van der Waals surface area contributed by atoms with Crippen LogP contribution < -0.4 is 0 Å². The van der Waals surface area contributed by atoms with Crippen LogP contribution in [-0.2, 0) is 9.47 Å². The first-order valence-corrected chi connectivity index (χ1v) is 6.08. The highest BCUT2D eigenvalue weighted by atomic mass is 16.7. The maximum Gasteiger partial charge on any atom is 0.167 e. The molecular formula is C15H14O3. The van der Waals surface area contributed by atoms with Gasteiger partial charge in [-0.05, 0) is 16.8 Å². The SMILES string of the molecule is O=C(CC1OCCO1)c1ccc2ccccc2c1. The minimum absolute atomic E-state index is 0.0626. The van der Waals surface area contributed by atoms with Gasteiger partial charge >= 0.3 is 0 Å². The lowest BCUT2D eigenvalue weighted by Gasteiger charge is -2.08. The van der Waals surface area contributed by atoms with E-state index in [9.17, 15) is 4.79 Å². The van der Waals surface area contributed by atoms with Gasteiger partial charge in [-0.25, -0.2) is 0 Å². The summed E-state index contributed by atoms with van der Waals surface area (Å²) < 4.78 is 10.6. The van der Waals surface area contributed by atoms with Gasteiger partial charge in [0.05, 0.1) is 19.6 Å². The van der Waals surface area contributed by atoms with Crippen LogP contribution in [0.15, 0.2) is 42.5 Å². The van der Waals surface area contributed by atoms with E-state index in [1.54, 1.807) is 0 Å². The fourth-order valence-electron chi connectivity index (χ4n) is 2.16. The fraction of sp³-hybridized carbons (Fsp3) is 0.267. The molecule has 1 fully saturated rings. The highest BCUT2D eigenvalue weighted by Gasteiger charge is 2.20. The molecule has 2 aromatic carbocycles. The van der Waals surface area contributed by atoms with Crippen molar-refractivity contribution in [3.8, 4) is 0 Å². The van der Waals surface area contributed by atoms with Gasteiger partial charge in [-0.15, -0.1) is 0 Å². The quantitative estimate of drug-likeness (QED) is 0.776. The van der Waals surface area contributed by atoms with E-state index in [4.69, 9.17) is 9.47 Å². The summed E-state index contributed by atoms with van der Waals surface area (Å²) in [6.07, 6.45) is -0.0813. The maximum absolute atomic E-state index is 12.1. The van der Waals surface area contributed by atoms with Crippen LogP contribution in [0, 0.1) is 0 Å². The Labute approximate surface area is 105 Å². The average Bonchev–Trinajstić information content (AvgIpc) is 2.91. The van der Waals surface area contributed by atoms with E-state index in [-0.39, 0.29) is 12.1 Å². The number of Topliss-reactive ketones (excluding diaryl/α,β-unsaturated/α-hetero) is 1. The van der Waals surface area contributed by atoms with Gasteiger partial charge in [0, 0.05) is 5.56 Å². The molecule has 2 aromatic rings. The molecule has 0 unspecified atom stereocenters. The fourth-order valence-corrected chi connectivity index (χ4v) is 2.16. The Bertz CT molecular complexity index is 571. The van der Waals surface area contributed by atoms with E-state index in [2.05, 4.69) is 0 Å². The lowest BCUT2D eigenvalue weighted by molar-refractivity contribution is -0.0407. The summed E-state index contributed by atoms with van der Waals surface area (Å²) in [5.41, 5.74) is 0.716. The minimum atomic E-state index is -0.371. The van der Waals surface area contributed by atoms with Crippen LogP contribution in [0.5, 0.6) is 0 Å². The second-order valence-electron chi connectivity index (χ2n) is 4.36. The van der Waals surface area contributed by atoms with Crippen molar-refractivity contribution in [2.45, 2.75) is 12.7 Å². The Hall–Kier alpha value is -1.71. The normalized spacial score (nSPS) is 16.2. The average molecular weight is 242 g/mol. The van der Waals surface area contributed by atoms with Gasteiger partial charge in [-0.3, -0.25) is 4.79 Å². The molecule has 0 aromatic heterocycles. The van der Waals surface area contributed by atoms with Gasteiger partial charge in [0.1, 0.15) is 0 Å². The van der Waals surface area contributed by atoms with Crippen LogP contribution in [0.2, 0.25) is 0 Å². The number of ketones is 1. The van der Waals surface area contributed by atoms with Crippen molar-refractivity contribution in [2.24, 2.45) is 0 Å². The molecule has 0 spiro atoms. The number of fused-ring (bicyclic) bond motifs is 1. The third-order valence-electron chi connectivity index (χ3n) is 3.11. The molecule has 1 saturated heterocycles. The van der Waals surface area contributed by atoms with Crippen LogP contribution in [0.4, 0.5) is 0 Å². The smallest absolute Gasteiger partial charge is 0.167 e. The van der Waals surface area contributed by atoms with Crippen molar-refractivity contribution in [3.63, 3.8) is 0 Å². The molecule has 92 valence electrons. The second-order valence-corrected chi connectivity index (χ2v) is 4.36. The lowest BCUT2D eigenvalue weighted by atomic mass is 10.0. The van der Waals surface area contributed by atoms with Crippen molar-refractivity contribution in [3.05, 3.63) is 48.0 Å². The van der Waals surface area contributed by atoms with Gasteiger partial charge < -0.3 is 9.47 Å². The zero-order valence-electron chi connectivity index (χ0n) is 9.96. The Morgan fingerprint density at radius 2 is 1.78 bits per heavy atom. The van der Waals surface area contributed by atoms with E-state index in [1.165, 1.54) is 0 Å². The second kappa shape index (κ2) is 4.88. The predicted octanol–water partition coefficient (Wildman–Crippen LogP) is 2.79. The summed E-state index contributed by atoms with van der Waals surface area (Å²) in [6, 6.07) is 13.8. The number of rotatable bonds is 3. The van der Waals surface area contributed by atoms with Crippen LogP contribution >= 0.6 is 0 Å². The van der Waals surface area contributed by atoms with Crippen molar-refractivity contribution < 1.29 is 14.3 Å². The molecule has 3 nitrogen and oxygen atoms in total. The number of benzene rings is 2. The molecule has 3 heteroatoms. The molecular weight excluding hydrogens is 228 g/mol. The zero-order valence-corrected chi connectivity index (χ0v) is 9.96. The Kier molecular flexibility index (Phi) is 3.09. The molecule has 0 radical (unpaired) electrons. The molecule has 0 saturated carbocycles. The molecule has 3 rings (SSSR count). The largest absolute Gasteiger partial charge is 0.350 e. The van der Waals surface area contributed by atoms with Crippen molar-refractivity contribution in [1.29, 1.82) is 0 Å². The lowest BCUT2D eigenvalue weighted by Crippen LogP contribution is -2.14. The van der Waals surface area contributed by atoms with E-state index in [0.29, 0.717) is 25.2 Å².